The molecule has 0 spiro atoms. The number of ether oxygens (including phenoxy) is 1. The highest BCUT2D eigenvalue weighted by Crippen LogP contribution is 1.95. The first kappa shape index (κ1) is 8.95. The summed E-state index contributed by atoms with van der Waals surface area (Å²) in [6.07, 6.45) is 0. The lowest BCUT2D eigenvalue weighted by Gasteiger charge is -2.09. The van der Waals surface area contributed by atoms with Gasteiger partial charge in [-0.05, 0) is 0 Å². The van der Waals surface area contributed by atoms with E-state index in [9.17, 15) is 9.59 Å². The molecule has 0 aromatic rings. The molecule has 1 aliphatic rings. The minimum absolute atomic E-state index is 0.0330. The lowest BCUT2D eigenvalue weighted by Crippen LogP contribution is -2.47. The van der Waals surface area contributed by atoms with Crippen molar-refractivity contribution >= 4 is 11.9 Å². The van der Waals surface area contributed by atoms with Crippen molar-refractivity contribution in [3.63, 3.8) is 0 Å². The second-order valence-electron chi connectivity index (χ2n) is 2.54. The van der Waals surface area contributed by atoms with Gasteiger partial charge in [0.05, 0.1) is 13.2 Å². The predicted octanol–water partition coefficient (Wildman–Crippen LogP) is -2.09. The van der Waals surface area contributed by atoms with Crippen LogP contribution in [-0.2, 0) is 14.3 Å². The van der Waals surface area contributed by atoms with Crippen LogP contribution in [0.25, 0.3) is 0 Å². The van der Waals surface area contributed by atoms with E-state index in [1.165, 1.54) is 0 Å². The fourth-order valence-corrected chi connectivity index (χ4v) is 0.842. The molecule has 2 atom stereocenters. The highest BCUT2D eigenvalue weighted by atomic mass is 16.5. The monoisotopic (exact) mass is 174 g/mol. The number of hydrogen-bond donors (Lipinski definition) is 3. The van der Waals surface area contributed by atoms with Crippen LogP contribution < -0.4 is 11.1 Å². The zero-order valence-corrected chi connectivity index (χ0v) is 6.32. The Balaban J connectivity index is 2.60. The van der Waals surface area contributed by atoms with Gasteiger partial charge >= 0.3 is 5.97 Å². The van der Waals surface area contributed by atoms with E-state index in [0.717, 1.165) is 0 Å². The molecule has 1 aliphatic heterocycles. The van der Waals surface area contributed by atoms with Gasteiger partial charge in [0.1, 0.15) is 6.04 Å². The van der Waals surface area contributed by atoms with Gasteiger partial charge in [0.25, 0.3) is 0 Å². The molecule has 1 saturated heterocycles. The van der Waals surface area contributed by atoms with Gasteiger partial charge in [0.2, 0.25) is 5.91 Å². The number of aliphatic carboxylic acids is 1. The van der Waals surface area contributed by atoms with Crippen molar-refractivity contribution in [3.8, 4) is 0 Å². The van der Waals surface area contributed by atoms with Gasteiger partial charge in [-0.2, -0.15) is 0 Å². The summed E-state index contributed by atoms with van der Waals surface area (Å²) in [7, 11) is 0. The van der Waals surface area contributed by atoms with E-state index in [-0.39, 0.29) is 13.2 Å². The number of carbonyl (C=O) groups excluding carboxylic acids is 1. The predicted molar refractivity (Wildman–Crippen MR) is 38.4 cm³/mol. The van der Waals surface area contributed by atoms with E-state index >= 15 is 0 Å². The van der Waals surface area contributed by atoms with Crippen LogP contribution in [0, 0.1) is 0 Å². The molecule has 6 heteroatoms. The number of hydrogen-bond acceptors (Lipinski definition) is 4. The highest BCUT2D eigenvalue weighted by molar-refractivity contribution is 5.87. The Morgan fingerprint density at radius 2 is 2.33 bits per heavy atom. The number of carboxylic acid groups (broad SMARTS) is 1. The lowest BCUT2D eigenvalue weighted by molar-refractivity contribution is -0.142. The Kier molecular flexibility index (Phi) is 2.61. The Labute approximate surface area is 68.7 Å². The lowest BCUT2D eigenvalue weighted by atomic mass is 10.3. The van der Waals surface area contributed by atoms with Gasteiger partial charge in [-0.15, -0.1) is 0 Å². The number of carboxylic acids is 1. The quantitative estimate of drug-likeness (QED) is 0.423. The first-order chi connectivity index (χ1) is 5.61. The van der Waals surface area contributed by atoms with Gasteiger partial charge in [-0.3, -0.25) is 4.79 Å². The van der Waals surface area contributed by atoms with Crippen molar-refractivity contribution in [1.29, 1.82) is 0 Å². The number of carbonyl (C=O) groups is 2. The molecule has 6 nitrogen and oxygen atoms in total. The number of nitrogens with two attached hydrogens (primary N) is 1. The van der Waals surface area contributed by atoms with Crippen LogP contribution in [0.5, 0.6) is 0 Å². The number of nitrogens with one attached hydrogen (secondary N) is 1. The zero-order valence-electron chi connectivity index (χ0n) is 6.32. The molecule has 1 amide bonds. The van der Waals surface area contributed by atoms with Gasteiger partial charge in [-0.25, -0.2) is 4.79 Å². The summed E-state index contributed by atoms with van der Waals surface area (Å²) in [6, 6.07) is -1.75. The van der Waals surface area contributed by atoms with E-state index < -0.39 is 24.0 Å². The summed E-state index contributed by atoms with van der Waals surface area (Å²) in [6.45, 7) is 0.0321. The summed E-state index contributed by atoms with van der Waals surface area (Å²) in [4.78, 5) is 21.4. The molecule has 1 fully saturated rings. The smallest absolute Gasteiger partial charge is 0.328 e. The summed E-state index contributed by atoms with van der Waals surface area (Å²) >= 11 is 0. The Bertz CT molecular complexity index is 206. The van der Waals surface area contributed by atoms with E-state index in [0.29, 0.717) is 0 Å². The van der Waals surface area contributed by atoms with Gasteiger partial charge in [0.15, 0.2) is 6.04 Å². The van der Waals surface area contributed by atoms with Crippen LogP contribution in [0.4, 0.5) is 0 Å². The Morgan fingerprint density at radius 3 is 2.92 bits per heavy atom. The fourth-order valence-electron chi connectivity index (χ4n) is 0.842. The average molecular weight is 174 g/mol. The van der Waals surface area contributed by atoms with Crippen molar-refractivity contribution in [2.24, 2.45) is 5.73 Å². The van der Waals surface area contributed by atoms with Crippen molar-refractivity contribution in [1.82, 2.24) is 5.32 Å². The molecule has 4 N–H and O–H groups in total. The minimum atomic E-state index is -1.11. The largest absolute Gasteiger partial charge is 0.480 e. The third kappa shape index (κ3) is 1.93. The van der Waals surface area contributed by atoms with E-state index in [2.05, 4.69) is 5.32 Å². The molecule has 1 heterocycles. The maximum atomic E-state index is 10.9. The van der Waals surface area contributed by atoms with Crippen LogP contribution >= 0.6 is 0 Å². The molecular weight excluding hydrogens is 164 g/mol. The maximum Gasteiger partial charge on any atom is 0.328 e. The van der Waals surface area contributed by atoms with Crippen molar-refractivity contribution < 1.29 is 19.4 Å². The third-order valence-electron chi connectivity index (χ3n) is 1.53. The molecule has 2 unspecified atom stereocenters. The van der Waals surface area contributed by atoms with Crippen LogP contribution in [0.2, 0.25) is 0 Å². The Morgan fingerprint density at radius 1 is 1.67 bits per heavy atom. The van der Waals surface area contributed by atoms with Gasteiger partial charge in [-0.1, -0.05) is 0 Å². The summed E-state index contributed by atoms with van der Waals surface area (Å²) < 4.78 is 4.86. The summed E-state index contributed by atoms with van der Waals surface area (Å²) in [5.41, 5.74) is 5.31. The zero-order chi connectivity index (χ0) is 9.14. The van der Waals surface area contributed by atoms with Crippen LogP contribution in [0.1, 0.15) is 0 Å². The van der Waals surface area contributed by atoms with Crippen LogP contribution in [0.3, 0.4) is 0 Å². The minimum Gasteiger partial charge on any atom is -0.480 e. The number of rotatable bonds is 1. The highest BCUT2D eigenvalue weighted by Gasteiger charge is 2.27. The van der Waals surface area contributed by atoms with Crippen molar-refractivity contribution in [3.05, 3.63) is 0 Å². The van der Waals surface area contributed by atoms with Gasteiger partial charge < -0.3 is 20.9 Å². The second-order valence-corrected chi connectivity index (χ2v) is 2.54. The molecule has 0 saturated carbocycles. The summed E-state index contributed by atoms with van der Waals surface area (Å²) in [5, 5.41) is 10.8. The Hall–Kier alpha value is -1.14. The molecule has 12 heavy (non-hydrogen) atoms. The first-order valence-electron chi connectivity index (χ1n) is 3.48. The molecule has 0 aromatic carbocycles. The second kappa shape index (κ2) is 3.51. The maximum absolute atomic E-state index is 10.9. The van der Waals surface area contributed by atoms with E-state index in [4.69, 9.17) is 15.6 Å². The molecule has 1 rings (SSSR count). The third-order valence-corrected chi connectivity index (χ3v) is 1.53. The van der Waals surface area contributed by atoms with Crippen LogP contribution in [-0.4, -0.2) is 42.3 Å². The molecule has 68 valence electrons. The van der Waals surface area contributed by atoms with Gasteiger partial charge in [0, 0.05) is 0 Å². The molecular formula is C6H10N2O4. The molecule has 0 bridgehead atoms. The first-order valence-corrected chi connectivity index (χ1v) is 3.48. The molecule has 0 radical (unpaired) electrons. The average Bonchev–Trinajstić information content (AvgIpc) is 2.15. The van der Waals surface area contributed by atoms with E-state index in [1.807, 2.05) is 0 Å². The normalized spacial score (nSPS) is 30.6. The fraction of sp³-hybridized carbons (Fsp3) is 0.667. The number of amides is 1. The van der Waals surface area contributed by atoms with Crippen molar-refractivity contribution in [2.75, 3.05) is 13.2 Å². The topological polar surface area (TPSA) is 102 Å². The van der Waals surface area contributed by atoms with Crippen LogP contribution in [0.15, 0.2) is 0 Å². The van der Waals surface area contributed by atoms with E-state index in [1.54, 1.807) is 0 Å². The molecule has 0 aromatic heterocycles. The SMILES string of the molecule is NC1COCC(C(=O)O)NC1=O. The standard InChI is InChI=1S/C6H10N2O4/c7-3-1-12-2-4(6(10)11)8-5(3)9/h3-4H,1-2,7H2,(H,8,9)(H,10,11). The van der Waals surface area contributed by atoms with Crippen molar-refractivity contribution in [2.45, 2.75) is 12.1 Å². The molecule has 0 aliphatic carbocycles. The summed E-state index contributed by atoms with van der Waals surface area (Å²) in [5.74, 6) is -1.60.